The van der Waals surface area contributed by atoms with Crippen molar-refractivity contribution in [3.63, 3.8) is 0 Å². The van der Waals surface area contributed by atoms with E-state index in [1.165, 1.54) is 25.7 Å². The third-order valence-corrected chi connectivity index (χ3v) is 5.69. The van der Waals surface area contributed by atoms with Crippen LogP contribution in [0.4, 0.5) is 0 Å². The number of rotatable bonds is 27. The van der Waals surface area contributed by atoms with E-state index < -0.39 is 5.60 Å². The van der Waals surface area contributed by atoms with Gasteiger partial charge in [-0.1, -0.05) is 39.5 Å². The van der Waals surface area contributed by atoms with Crippen LogP contribution in [0, 0.1) is 6.92 Å². The van der Waals surface area contributed by atoms with E-state index in [1.807, 2.05) is 27.7 Å². The first-order chi connectivity index (χ1) is 22.7. The van der Waals surface area contributed by atoms with Crippen LogP contribution in [0.3, 0.4) is 0 Å². The Balaban J connectivity index is -0.000000110. The summed E-state index contributed by atoms with van der Waals surface area (Å²) in [4.78, 5) is 31.9. The number of carbonyl (C=O) groups excluding carboxylic acids is 3. The summed E-state index contributed by atoms with van der Waals surface area (Å²) < 4.78 is 26.3. The van der Waals surface area contributed by atoms with Gasteiger partial charge in [0.05, 0.1) is 0 Å². The molecule has 6 N–H and O–H groups in total. The van der Waals surface area contributed by atoms with Crippen LogP contribution in [0.25, 0.3) is 0 Å². The molecule has 293 valence electrons. The second-order valence-electron chi connectivity index (χ2n) is 13.0. The summed E-state index contributed by atoms with van der Waals surface area (Å²) in [6, 6.07) is 0. The number of carbonyl (C=O) groups is 3. The first-order valence-electron chi connectivity index (χ1n) is 18.3. The molecule has 0 amide bonds. The Morgan fingerprint density at radius 3 is 1.22 bits per heavy atom. The van der Waals surface area contributed by atoms with Crippen molar-refractivity contribution in [3.8, 4) is 0 Å². The van der Waals surface area contributed by atoms with Crippen molar-refractivity contribution in [2.75, 3.05) is 59.3 Å². The van der Waals surface area contributed by atoms with E-state index in [4.69, 9.17) is 40.9 Å². The molecule has 0 saturated heterocycles. The fraction of sp³-hybridized carbons (Fsp3) is 0.892. The van der Waals surface area contributed by atoms with Gasteiger partial charge in [-0.25, -0.2) is 0 Å². The average Bonchev–Trinajstić information content (AvgIpc) is 3.00. The SMILES string of the molecule is CCC=O.CCCCCCCOCCCCC(=O)OC(C)(C)C.NCCCOCCCN.[B].[CH2+]C(C)(C)OC(=O)CCCCOCCCN.[H-].[Na+]. The zero-order chi connectivity index (χ0) is 37.4. The first-order valence-corrected chi connectivity index (χ1v) is 18.3. The van der Waals surface area contributed by atoms with Gasteiger partial charge >= 0.3 is 41.5 Å². The molecule has 0 atom stereocenters. The molecule has 0 spiro atoms. The molecule has 0 bridgehead atoms. The Morgan fingerprint density at radius 1 is 0.600 bits per heavy atom. The molecule has 13 heteroatoms. The van der Waals surface area contributed by atoms with Gasteiger partial charge in [0, 0.05) is 81.2 Å². The third kappa shape index (κ3) is 72.9. The Kier molecular flexibility index (Phi) is 59.3. The Morgan fingerprint density at radius 2 is 0.920 bits per heavy atom. The molecule has 3 radical (unpaired) electrons. The summed E-state index contributed by atoms with van der Waals surface area (Å²) >= 11 is 0. The topological polar surface area (TPSA) is 175 Å². The summed E-state index contributed by atoms with van der Waals surface area (Å²) in [6.45, 7) is 23.6. The van der Waals surface area contributed by atoms with Crippen LogP contribution in [0.2, 0.25) is 0 Å². The van der Waals surface area contributed by atoms with Crippen LogP contribution in [0.1, 0.15) is 146 Å². The molecule has 0 aromatic heterocycles. The molecule has 50 heavy (non-hydrogen) atoms. The molecule has 0 aliphatic rings. The van der Waals surface area contributed by atoms with Crippen molar-refractivity contribution in [1.82, 2.24) is 0 Å². The Labute approximate surface area is 333 Å². The first kappa shape index (κ1) is 61.3. The number of aldehydes is 1. The van der Waals surface area contributed by atoms with Crippen molar-refractivity contribution in [3.05, 3.63) is 6.92 Å². The molecule has 0 saturated carbocycles. The van der Waals surface area contributed by atoms with Crippen molar-refractivity contribution >= 4 is 26.6 Å². The molecule has 0 aromatic carbocycles. The smallest absolute Gasteiger partial charge is 1.00 e. The molecule has 0 fully saturated rings. The van der Waals surface area contributed by atoms with E-state index in [0.717, 1.165) is 84.1 Å². The fourth-order valence-electron chi connectivity index (χ4n) is 3.37. The normalized spacial score (nSPS) is 10.4. The minimum absolute atomic E-state index is 0. The summed E-state index contributed by atoms with van der Waals surface area (Å²) in [6.07, 6.45) is 15.0. The van der Waals surface area contributed by atoms with E-state index in [0.29, 0.717) is 52.1 Å². The second-order valence-corrected chi connectivity index (χ2v) is 13.0. The summed E-state index contributed by atoms with van der Waals surface area (Å²) in [7, 11) is 0. The molecular weight excluding hydrogens is 648 g/mol. The van der Waals surface area contributed by atoms with Gasteiger partial charge in [0.15, 0.2) is 0 Å². The van der Waals surface area contributed by atoms with E-state index in [-0.39, 0.29) is 56.9 Å². The molecule has 0 aromatic rings. The largest absolute Gasteiger partial charge is 1.00 e. The standard InChI is InChI=1S/C16H32O3.C12H24NO3.C6H16N2O.C3H6O.B.Na.H/c1-5-6-7-8-10-13-18-14-11-9-12-15(17)19-16(2,3)4;1-12(2,3)16-11(14)7-4-5-9-15-10-6-8-13;7-3-1-5-9-6-2-4-8;1-2-3-4;;;/h5-14H2,1-4H3;1,4-10,13H2,2-3H3;1-8H2;3H,2H2,1H3;;;/q;+1;;;;+1;-1. The minimum atomic E-state index is -0.630. The zero-order valence-corrected chi connectivity index (χ0v) is 35.8. The number of esters is 2. The fourth-order valence-corrected chi connectivity index (χ4v) is 3.37. The molecule has 0 unspecified atom stereocenters. The number of unbranched alkanes of at least 4 members (excludes halogenated alkanes) is 6. The van der Waals surface area contributed by atoms with Gasteiger partial charge in [-0.05, 0) is 91.8 Å². The van der Waals surface area contributed by atoms with Crippen LogP contribution in [0.5, 0.6) is 0 Å². The predicted octanol–water partition coefficient (Wildman–Crippen LogP) is 3.19. The number of hydrogen-bond acceptors (Lipinski definition) is 11. The third-order valence-electron chi connectivity index (χ3n) is 5.69. The summed E-state index contributed by atoms with van der Waals surface area (Å²) in [5.41, 5.74) is 14.8. The van der Waals surface area contributed by atoms with E-state index >= 15 is 0 Å². The van der Waals surface area contributed by atoms with Crippen molar-refractivity contribution in [2.24, 2.45) is 17.2 Å². The van der Waals surface area contributed by atoms with Crippen LogP contribution in [-0.2, 0) is 38.1 Å². The van der Waals surface area contributed by atoms with E-state index in [2.05, 4.69) is 13.8 Å². The van der Waals surface area contributed by atoms with Gasteiger partial charge in [-0.2, -0.15) is 0 Å². The van der Waals surface area contributed by atoms with Gasteiger partial charge in [-0.15, -0.1) is 0 Å². The predicted molar refractivity (Wildman–Crippen MR) is 205 cm³/mol. The van der Waals surface area contributed by atoms with Gasteiger partial charge < -0.3 is 47.1 Å². The molecule has 0 aliphatic heterocycles. The summed E-state index contributed by atoms with van der Waals surface area (Å²) in [5, 5.41) is 0. The molecule has 0 heterocycles. The van der Waals surface area contributed by atoms with E-state index in [1.54, 1.807) is 13.8 Å². The summed E-state index contributed by atoms with van der Waals surface area (Å²) in [5.74, 6) is -0.297. The minimum Gasteiger partial charge on any atom is -1.00 e. The van der Waals surface area contributed by atoms with Gasteiger partial charge in [0.2, 0.25) is 5.60 Å². The average molecular weight is 728 g/mol. The Hall–Kier alpha value is -0.695. The van der Waals surface area contributed by atoms with Crippen molar-refractivity contribution in [2.45, 2.75) is 156 Å². The monoisotopic (exact) mass is 728 g/mol. The number of nitrogens with two attached hydrogens (primary N) is 3. The van der Waals surface area contributed by atoms with E-state index in [9.17, 15) is 14.4 Å². The maximum absolute atomic E-state index is 11.4. The number of ether oxygens (including phenoxy) is 5. The molecule has 11 nitrogen and oxygen atoms in total. The zero-order valence-electron chi connectivity index (χ0n) is 34.8. The van der Waals surface area contributed by atoms with Crippen molar-refractivity contribution < 1.29 is 69.1 Å². The van der Waals surface area contributed by atoms with Crippen LogP contribution in [-0.4, -0.2) is 97.1 Å². The van der Waals surface area contributed by atoms with Gasteiger partial charge in [0.1, 0.15) is 18.8 Å². The van der Waals surface area contributed by atoms with Crippen LogP contribution < -0.4 is 46.8 Å². The number of hydrogen-bond donors (Lipinski definition) is 3. The van der Waals surface area contributed by atoms with Gasteiger partial charge in [-0.3, -0.25) is 9.59 Å². The molecular formula is C37H79BN3NaO8+. The maximum Gasteiger partial charge on any atom is 1.00 e. The molecule has 0 rings (SSSR count). The molecule has 0 aliphatic carbocycles. The second kappa shape index (κ2) is 48.3. The van der Waals surface area contributed by atoms with Crippen LogP contribution >= 0.6 is 0 Å². The van der Waals surface area contributed by atoms with Crippen LogP contribution in [0.15, 0.2) is 0 Å². The quantitative estimate of drug-likeness (QED) is 0.0373. The van der Waals surface area contributed by atoms with Gasteiger partial charge in [0.25, 0.3) is 0 Å². The van der Waals surface area contributed by atoms with Crippen molar-refractivity contribution in [1.29, 1.82) is 0 Å². The maximum atomic E-state index is 11.4. The Bertz CT molecular complexity index is 683.